The lowest BCUT2D eigenvalue weighted by molar-refractivity contribution is 1.14. The topological polar surface area (TPSA) is 12.4 Å². The molecule has 1 nitrogen and oxygen atoms in total. The van der Waals surface area contributed by atoms with Crippen LogP contribution in [0.15, 0.2) is 40.2 Å². The zero-order valence-corrected chi connectivity index (χ0v) is 8.40. The van der Waals surface area contributed by atoms with Crippen molar-refractivity contribution in [3.05, 3.63) is 30.3 Å². The van der Waals surface area contributed by atoms with Gasteiger partial charge >= 0.3 is 0 Å². The van der Waals surface area contributed by atoms with E-state index in [1.165, 1.54) is 11.8 Å². The van der Waals surface area contributed by atoms with Gasteiger partial charge in [-0.2, -0.15) is 0 Å². The molecule has 0 aliphatic rings. The maximum atomic E-state index is 5.83. The largest absolute Gasteiger partial charge is 0.267 e. The minimum absolute atomic E-state index is 0.601. The molecule has 0 N–H and O–H groups in total. The molecule has 0 aliphatic carbocycles. The quantitative estimate of drug-likeness (QED) is 0.404. The van der Waals surface area contributed by atoms with Crippen molar-refractivity contribution in [2.45, 2.75) is 11.8 Å². The molecule has 0 amide bonds. The van der Waals surface area contributed by atoms with E-state index in [-0.39, 0.29) is 0 Å². The number of thioether (sulfide) groups is 1. The van der Waals surface area contributed by atoms with Crippen LogP contribution in [0.3, 0.4) is 0 Å². The van der Waals surface area contributed by atoms with Crippen molar-refractivity contribution in [3.8, 4) is 0 Å². The molecule has 0 aliphatic heterocycles. The predicted molar refractivity (Wildman–Crippen MR) is 56.1 cm³/mol. The van der Waals surface area contributed by atoms with Crippen molar-refractivity contribution in [1.82, 2.24) is 0 Å². The van der Waals surface area contributed by atoms with Crippen LogP contribution < -0.4 is 0 Å². The summed E-state index contributed by atoms with van der Waals surface area (Å²) >= 11 is 7.31. The van der Waals surface area contributed by atoms with Crippen LogP contribution in [0.4, 0.5) is 0 Å². The highest BCUT2D eigenvalue weighted by Gasteiger charge is 1.95. The van der Waals surface area contributed by atoms with Gasteiger partial charge in [-0.25, -0.2) is 0 Å². The summed E-state index contributed by atoms with van der Waals surface area (Å²) in [6.45, 7) is 2.70. The molecule has 0 saturated carbocycles. The Morgan fingerprint density at radius 1 is 1.42 bits per heavy atom. The molecule has 0 bridgehead atoms. The average Bonchev–Trinajstić information content (AvgIpc) is 2.06. The van der Waals surface area contributed by atoms with Crippen molar-refractivity contribution in [2.75, 3.05) is 6.54 Å². The molecule has 1 aromatic rings. The van der Waals surface area contributed by atoms with Crippen LogP contribution in [0.5, 0.6) is 0 Å². The third kappa shape index (κ3) is 3.28. The Bertz CT molecular complexity index is 258. The van der Waals surface area contributed by atoms with Gasteiger partial charge in [0.15, 0.2) is 4.50 Å². The second kappa shape index (κ2) is 5.22. The molecule has 0 spiro atoms. The highest BCUT2D eigenvalue weighted by Crippen LogP contribution is 2.20. The van der Waals surface area contributed by atoms with Crippen molar-refractivity contribution >= 4 is 27.9 Å². The number of halogens is 1. The van der Waals surface area contributed by atoms with E-state index >= 15 is 0 Å². The minimum atomic E-state index is 0.601. The fourth-order valence-corrected chi connectivity index (χ4v) is 1.81. The van der Waals surface area contributed by atoms with E-state index in [1.54, 1.807) is 0 Å². The number of hydrogen-bond acceptors (Lipinski definition) is 2. The highest BCUT2D eigenvalue weighted by atomic mass is 35.5. The molecular formula is C9H10ClNS. The van der Waals surface area contributed by atoms with E-state index < -0.39 is 0 Å². The predicted octanol–water partition coefficient (Wildman–Crippen LogP) is 3.39. The second-order valence-electron chi connectivity index (χ2n) is 2.14. The van der Waals surface area contributed by atoms with Crippen LogP contribution in [-0.4, -0.2) is 11.0 Å². The van der Waals surface area contributed by atoms with Gasteiger partial charge in [0, 0.05) is 11.4 Å². The maximum absolute atomic E-state index is 5.83. The van der Waals surface area contributed by atoms with Gasteiger partial charge < -0.3 is 0 Å². The summed E-state index contributed by atoms with van der Waals surface area (Å²) in [6.07, 6.45) is 0. The molecule has 3 heteroatoms. The van der Waals surface area contributed by atoms with Crippen LogP contribution in [0.1, 0.15) is 6.92 Å². The van der Waals surface area contributed by atoms with Gasteiger partial charge in [0.05, 0.1) is 0 Å². The molecule has 0 atom stereocenters. The number of hydrogen-bond donors (Lipinski definition) is 0. The minimum Gasteiger partial charge on any atom is -0.267 e. The molecule has 1 aromatic carbocycles. The summed E-state index contributed by atoms with van der Waals surface area (Å²) in [4.78, 5) is 5.19. The Kier molecular flexibility index (Phi) is 4.19. The lowest BCUT2D eigenvalue weighted by atomic mass is 10.4. The van der Waals surface area contributed by atoms with Gasteiger partial charge in [-0.1, -0.05) is 41.6 Å². The Balaban J connectivity index is 2.58. The summed E-state index contributed by atoms with van der Waals surface area (Å²) in [5, 5.41) is 0. The molecular weight excluding hydrogens is 190 g/mol. The maximum Gasteiger partial charge on any atom is 0.162 e. The Morgan fingerprint density at radius 2 is 2.08 bits per heavy atom. The van der Waals surface area contributed by atoms with E-state index in [2.05, 4.69) is 4.99 Å². The fraction of sp³-hybridized carbons (Fsp3) is 0.222. The molecule has 0 unspecified atom stereocenters. The monoisotopic (exact) mass is 199 g/mol. The molecule has 1 rings (SSSR count). The Labute approximate surface area is 81.8 Å². The van der Waals surface area contributed by atoms with Crippen molar-refractivity contribution in [2.24, 2.45) is 4.99 Å². The smallest absolute Gasteiger partial charge is 0.162 e. The number of aliphatic imine (C=N–C) groups is 1. The van der Waals surface area contributed by atoms with Gasteiger partial charge in [0.2, 0.25) is 0 Å². The standard InChI is InChI=1S/C9H10ClNS/c1-2-11-9(10)12-8-6-4-3-5-7-8/h3-7H,2H2,1H3. The lowest BCUT2D eigenvalue weighted by Crippen LogP contribution is -1.80. The van der Waals surface area contributed by atoms with E-state index in [9.17, 15) is 0 Å². The Hall–Kier alpha value is -0.470. The molecule has 0 saturated heterocycles. The summed E-state index contributed by atoms with van der Waals surface area (Å²) in [5.41, 5.74) is 0. The number of rotatable bonds is 2. The zero-order valence-electron chi connectivity index (χ0n) is 6.83. The molecule has 0 aromatic heterocycles. The van der Waals surface area contributed by atoms with Crippen molar-refractivity contribution in [1.29, 1.82) is 0 Å². The SMILES string of the molecule is CCN=C(Cl)Sc1ccccc1. The van der Waals surface area contributed by atoms with Gasteiger partial charge in [-0.15, -0.1) is 0 Å². The fourth-order valence-electron chi connectivity index (χ4n) is 0.742. The normalized spacial score (nSPS) is 11.7. The summed E-state index contributed by atoms with van der Waals surface area (Å²) < 4.78 is 0.601. The van der Waals surface area contributed by atoms with Crippen molar-refractivity contribution < 1.29 is 0 Å². The lowest BCUT2D eigenvalue weighted by Gasteiger charge is -1.96. The summed E-state index contributed by atoms with van der Waals surface area (Å²) in [6, 6.07) is 9.97. The van der Waals surface area contributed by atoms with Crippen LogP contribution in [-0.2, 0) is 0 Å². The zero-order chi connectivity index (χ0) is 8.81. The molecule has 64 valence electrons. The molecule has 0 fully saturated rings. The molecule has 12 heavy (non-hydrogen) atoms. The second-order valence-corrected chi connectivity index (χ2v) is 3.79. The first-order chi connectivity index (χ1) is 5.83. The van der Waals surface area contributed by atoms with E-state index in [1.807, 2.05) is 37.3 Å². The van der Waals surface area contributed by atoms with Gasteiger partial charge in [0.25, 0.3) is 0 Å². The van der Waals surface area contributed by atoms with Crippen LogP contribution in [0.2, 0.25) is 0 Å². The Morgan fingerprint density at radius 3 is 2.67 bits per heavy atom. The molecule has 0 heterocycles. The van der Waals surface area contributed by atoms with Crippen molar-refractivity contribution in [3.63, 3.8) is 0 Å². The summed E-state index contributed by atoms with van der Waals surface area (Å²) in [5.74, 6) is 0. The van der Waals surface area contributed by atoms with E-state index in [0.29, 0.717) is 4.50 Å². The third-order valence-corrected chi connectivity index (χ3v) is 2.38. The average molecular weight is 200 g/mol. The number of benzene rings is 1. The summed E-state index contributed by atoms with van der Waals surface area (Å²) in [7, 11) is 0. The van der Waals surface area contributed by atoms with Crippen LogP contribution >= 0.6 is 23.4 Å². The highest BCUT2D eigenvalue weighted by molar-refractivity contribution is 8.16. The van der Waals surface area contributed by atoms with Crippen LogP contribution in [0.25, 0.3) is 0 Å². The first-order valence-electron chi connectivity index (χ1n) is 3.75. The number of nitrogens with zero attached hydrogens (tertiary/aromatic N) is 1. The van der Waals surface area contributed by atoms with Gasteiger partial charge in [-0.3, -0.25) is 4.99 Å². The van der Waals surface area contributed by atoms with E-state index in [0.717, 1.165) is 11.4 Å². The van der Waals surface area contributed by atoms with Gasteiger partial charge in [0.1, 0.15) is 0 Å². The van der Waals surface area contributed by atoms with Gasteiger partial charge in [-0.05, 0) is 19.1 Å². The van der Waals surface area contributed by atoms with Crippen LogP contribution in [0, 0.1) is 0 Å². The first kappa shape index (κ1) is 9.62. The first-order valence-corrected chi connectivity index (χ1v) is 4.95. The third-order valence-electron chi connectivity index (χ3n) is 1.23. The van der Waals surface area contributed by atoms with E-state index in [4.69, 9.17) is 11.6 Å². The molecule has 0 radical (unpaired) electrons.